The van der Waals surface area contributed by atoms with Crippen molar-refractivity contribution >= 4 is 23.2 Å². The van der Waals surface area contributed by atoms with E-state index in [1.54, 1.807) is 0 Å². The number of para-hydroxylation sites is 1. The number of aliphatic imine (C=N–C) groups is 1. The lowest BCUT2D eigenvalue weighted by Gasteiger charge is -2.08. The number of nitrogens with zero attached hydrogens (tertiary/aromatic N) is 5. The van der Waals surface area contributed by atoms with Crippen molar-refractivity contribution < 1.29 is 0 Å². The molecule has 0 unspecified atom stereocenters. The fourth-order valence-electron chi connectivity index (χ4n) is 3.42. The summed E-state index contributed by atoms with van der Waals surface area (Å²) in [7, 11) is 4.15. The highest BCUT2D eigenvalue weighted by molar-refractivity contribution is 5.93. The second-order valence-corrected chi connectivity index (χ2v) is 7.50. The van der Waals surface area contributed by atoms with Crippen LogP contribution in [0.15, 0.2) is 71.9 Å². The molecule has 0 fully saturated rings. The highest BCUT2D eigenvalue weighted by Crippen LogP contribution is 2.29. The van der Waals surface area contributed by atoms with Crippen LogP contribution in [0, 0.1) is 0 Å². The van der Waals surface area contributed by atoms with Crippen molar-refractivity contribution in [3.63, 3.8) is 0 Å². The molecule has 2 heterocycles. The summed E-state index contributed by atoms with van der Waals surface area (Å²) < 4.78 is 2.03. The SMILES string of the molecule is CN(C)CCCN=Cc1ccc(-c2nc(N)nc3c2ccn3-c2ccccc2)cc1. The van der Waals surface area contributed by atoms with Gasteiger partial charge in [0.1, 0.15) is 0 Å². The number of hydrogen-bond donors (Lipinski definition) is 1. The quantitative estimate of drug-likeness (QED) is 0.377. The van der Waals surface area contributed by atoms with Crippen LogP contribution in [0.3, 0.4) is 0 Å². The van der Waals surface area contributed by atoms with Gasteiger partial charge in [0.05, 0.1) is 5.69 Å². The summed E-state index contributed by atoms with van der Waals surface area (Å²) in [4.78, 5) is 15.7. The zero-order chi connectivity index (χ0) is 20.9. The molecule has 6 nitrogen and oxygen atoms in total. The predicted octanol–water partition coefficient (Wildman–Crippen LogP) is 4.04. The Labute approximate surface area is 176 Å². The van der Waals surface area contributed by atoms with Crippen molar-refractivity contribution in [3.05, 3.63) is 72.4 Å². The van der Waals surface area contributed by atoms with Crippen molar-refractivity contribution in [2.24, 2.45) is 4.99 Å². The molecule has 2 N–H and O–H groups in total. The zero-order valence-electron chi connectivity index (χ0n) is 17.4. The van der Waals surface area contributed by atoms with Gasteiger partial charge in [-0.15, -0.1) is 0 Å². The lowest BCUT2D eigenvalue weighted by atomic mass is 10.1. The summed E-state index contributed by atoms with van der Waals surface area (Å²) in [6.45, 7) is 1.88. The van der Waals surface area contributed by atoms with Gasteiger partial charge in [-0.1, -0.05) is 42.5 Å². The molecule has 30 heavy (non-hydrogen) atoms. The Hall–Kier alpha value is -3.51. The number of nitrogen functional groups attached to an aromatic ring is 1. The first-order valence-corrected chi connectivity index (χ1v) is 10.1. The van der Waals surface area contributed by atoms with Crippen molar-refractivity contribution in [2.75, 3.05) is 32.9 Å². The normalized spacial score (nSPS) is 11.7. The second-order valence-electron chi connectivity index (χ2n) is 7.50. The van der Waals surface area contributed by atoms with E-state index in [2.05, 4.69) is 58.2 Å². The van der Waals surface area contributed by atoms with Gasteiger partial charge in [-0.05, 0) is 50.8 Å². The Balaban J connectivity index is 1.60. The van der Waals surface area contributed by atoms with E-state index >= 15 is 0 Å². The fourth-order valence-corrected chi connectivity index (χ4v) is 3.42. The van der Waals surface area contributed by atoms with E-state index in [0.29, 0.717) is 0 Å². The number of hydrogen-bond acceptors (Lipinski definition) is 5. The van der Waals surface area contributed by atoms with E-state index in [-0.39, 0.29) is 5.95 Å². The number of rotatable bonds is 7. The van der Waals surface area contributed by atoms with Gasteiger partial charge in [-0.2, -0.15) is 4.98 Å². The van der Waals surface area contributed by atoms with Crippen LogP contribution in [-0.2, 0) is 0 Å². The third kappa shape index (κ3) is 4.39. The van der Waals surface area contributed by atoms with E-state index in [0.717, 1.165) is 53.1 Å². The maximum absolute atomic E-state index is 6.05. The average molecular weight is 399 g/mol. The average Bonchev–Trinajstić information content (AvgIpc) is 3.17. The lowest BCUT2D eigenvalue weighted by molar-refractivity contribution is 0.403. The van der Waals surface area contributed by atoms with Gasteiger partial charge in [0.2, 0.25) is 5.95 Å². The molecule has 0 saturated heterocycles. The van der Waals surface area contributed by atoms with Gasteiger partial charge in [0, 0.05) is 35.6 Å². The summed E-state index contributed by atoms with van der Waals surface area (Å²) in [6, 6.07) is 20.4. The molecule has 0 aliphatic rings. The summed E-state index contributed by atoms with van der Waals surface area (Å²) in [6.07, 6.45) is 4.99. The molecule has 2 aromatic heterocycles. The highest BCUT2D eigenvalue weighted by atomic mass is 15.1. The van der Waals surface area contributed by atoms with Crippen LogP contribution in [0.2, 0.25) is 0 Å². The monoisotopic (exact) mass is 398 g/mol. The minimum absolute atomic E-state index is 0.264. The number of benzene rings is 2. The zero-order valence-corrected chi connectivity index (χ0v) is 17.4. The molecule has 4 aromatic rings. The molecule has 0 aliphatic carbocycles. The van der Waals surface area contributed by atoms with Crippen LogP contribution in [-0.4, -0.2) is 52.8 Å². The minimum atomic E-state index is 0.264. The number of anilines is 1. The minimum Gasteiger partial charge on any atom is -0.368 e. The van der Waals surface area contributed by atoms with Gasteiger partial charge < -0.3 is 15.2 Å². The van der Waals surface area contributed by atoms with E-state index in [1.165, 1.54) is 0 Å². The van der Waals surface area contributed by atoms with Gasteiger partial charge in [-0.3, -0.25) is 4.99 Å². The Kier molecular flexibility index (Phi) is 5.86. The summed E-state index contributed by atoms with van der Waals surface area (Å²) >= 11 is 0. The Morgan fingerprint density at radius 2 is 1.77 bits per heavy atom. The van der Waals surface area contributed by atoms with Crippen LogP contribution >= 0.6 is 0 Å². The van der Waals surface area contributed by atoms with E-state index in [1.807, 2.05) is 53.4 Å². The molecule has 4 rings (SSSR count). The largest absolute Gasteiger partial charge is 0.368 e. The summed E-state index contributed by atoms with van der Waals surface area (Å²) in [5, 5.41) is 0.971. The third-order valence-corrected chi connectivity index (χ3v) is 4.91. The Morgan fingerprint density at radius 3 is 2.50 bits per heavy atom. The smallest absolute Gasteiger partial charge is 0.222 e. The number of fused-ring (bicyclic) bond motifs is 1. The fraction of sp³-hybridized carbons (Fsp3) is 0.208. The molecule has 0 radical (unpaired) electrons. The molecule has 0 aliphatic heterocycles. The first-order valence-electron chi connectivity index (χ1n) is 10.1. The van der Waals surface area contributed by atoms with E-state index in [9.17, 15) is 0 Å². The van der Waals surface area contributed by atoms with Crippen LogP contribution < -0.4 is 5.73 Å². The topological polar surface area (TPSA) is 72.3 Å². The van der Waals surface area contributed by atoms with Crippen LogP contribution in [0.25, 0.3) is 28.0 Å². The van der Waals surface area contributed by atoms with Crippen LogP contribution in [0.5, 0.6) is 0 Å². The van der Waals surface area contributed by atoms with Crippen molar-refractivity contribution in [1.82, 2.24) is 19.4 Å². The maximum atomic E-state index is 6.05. The molecule has 0 saturated carbocycles. The van der Waals surface area contributed by atoms with Crippen LogP contribution in [0.4, 0.5) is 5.95 Å². The molecular weight excluding hydrogens is 372 g/mol. The van der Waals surface area contributed by atoms with Gasteiger partial charge >= 0.3 is 0 Å². The second kappa shape index (κ2) is 8.88. The van der Waals surface area contributed by atoms with Crippen molar-refractivity contribution in [3.8, 4) is 16.9 Å². The standard InChI is InChI=1S/C24H26N6/c1-29(2)15-6-14-26-17-18-9-11-19(12-10-18)22-21-13-16-30(20-7-4-3-5-8-20)23(21)28-24(25)27-22/h3-5,7-13,16-17H,6,14-15H2,1-2H3,(H2,25,27,28). The maximum Gasteiger partial charge on any atom is 0.222 e. The summed E-state index contributed by atoms with van der Waals surface area (Å²) in [5.74, 6) is 0.264. The molecule has 6 heteroatoms. The molecule has 0 bridgehead atoms. The lowest BCUT2D eigenvalue weighted by Crippen LogP contribution is -2.13. The Morgan fingerprint density at radius 1 is 1.00 bits per heavy atom. The molecule has 0 atom stereocenters. The molecule has 0 amide bonds. The molecule has 152 valence electrons. The highest BCUT2D eigenvalue weighted by Gasteiger charge is 2.13. The van der Waals surface area contributed by atoms with E-state index < -0.39 is 0 Å². The predicted molar refractivity (Wildman–Crippen MR) is 124 cm³/mol. The number of aromatic nitrogens is 3. The summed E-state index contributed by atoms with van der Waals surface area (Å²) in [5.41, 5.74) is 10.8. The third-order valence-electron chi connectivity index (χ3n) is 4.91. The van der Waals surface area contributed by atoms with Gasteiger partial charge in [0.25, 0.3) is 0 Å². The van der Waals surface area contributed by atoms with Crippen molar-refractivity contribution in [1.29, 1.82) is 0 Å². The van der Waals surface area contributed by atoms with E-state index in [4.69, 9.17) is 5.73 Å². The molecular formula is C24H26N6. The number of nitrogens with two attached hydrogens (primary N) is 1. The Bertz CT molecular complexity index is 1140. The van der Waals surface area contributed by atoms with Crippen molar-refractivity contribution in [2.45, 2.75) is 6.42 Å². The first kappa shape index (κ1) is 19.8. The first-order chi connectivity index (χ1) is 14.6. The van der Waals surface area contributed by atoms with Gasteiger partial charge in [0.15, 0.2) is 5.65 Å². The van der Waals surface area contributed by atoms with Crippen LogP contribution in [0.1, 0.15) is 12.0 Å². The molecule has 2 aromatic carbocycles. The molecule has 0 spiro atoms. The van der Waals surface area contributed by atoms with Gasteiger partial charge in [-0.25, -0.2) is 4.98 Å².